The summed E-state index contributed by atoms with van der Waals surface area (Å²) in [7, 11) is 0. The van der Waals surface area contributed by atoms with Crippen LogP contribution in [0.5, 0.6) is 0 Å². The molecule has 2 rings (SSSR count). The second-order valence-electron chi connectivity index (χ2n) is 22.9. The van der Waals surface area contributed by atoms with E-state index < -0.39 is 86.8 Å². The van der Waals surface area contributed by atoms with Gasteiger partial charge in [0.15, 0.2) is 12.6 Å². The van der Waals surface area contributed by atoms with Gasteiger partial charge in [-0.3, -0.25) is 4.79 Å². The van der Waals surface area contributed by atoms with Gasteiger partial charge in [0.2, 0.25) is 5.91 Å². The molecule has 0 aromatic rings. The van der Waals surface area contributed by atoms with Gasteiger partial charge in [-0.05, 0) is 64.2 Å². The van der Waals surface area contributed by atoms with Gasteiger partial charge in [-0.15, -0.1) is 0 Å². The minimum absolute atomic E-state index is 0.243. The summed E-state index contributed by atoms with van der Waals surface area (Å²) < 4.78 is 22.8. The van der Waals surface area contributed by atoms with Crippen molar-refractivity contribution >= 4 is 5.91 Å². The smallest absolute Gasteiger partial charge is 0.220 e. The summed E-state index contributed by atoms with van der Waals surface area (Å²) in [6, 6.07) is -0.921. The molecule has 2 fully saturated rings. The Morgan fingerprint density at radius 1 is 0.457 bits per heavy atom. The molecule has 0 bridgehead atoms. The maximum absolute atomic E-state index is 13.3. The number of aliphatic hydroxyl groups is 8. The van der Waals surface area contributed by atoms with Crippen LogP contribution >= 0.6 is 0 Å². The van der Waals surface area contributed by atoms with Crippen LogP contribution in [-0.2, 0) is 23.7 Å². The number of carbonyl (C=O) groups excluding carboxylic acids is 1. The van der Waals surface area contributed by atoms with Crippen molar-refractivity contribution in [1.29, 1.82) is 0 Å². The molecule has 0 spiro atoms. The van der Waals surface area contributed by atoms with Crippen LogP contribution in [0.2, 0.25) is 0 Å². The normalized spacial score (nSPS) is 24.6. The fourth-order valence-electron chi connectivity index (χ4n) is 10.4. The fourth-order valence-corrected chi connectivity index (χ4v) is 10.4. The third kappa shape index (κ3) is 36.8. The van der Waals surface area contributed by atoms with E-state index in [4.69, 9.17) is 18.9 Å². The minimum atomic E-state index is -1.79. The third-order valence-electron chi connectivity index (χ3n) is 15.6. The number of carbonyl (C=O) groups is 1. The number of aliphatic hydroxyl groups excluding tert-OH is 8. The summed E-state index contributed by atoms with van der Waals surface area (Å²) >= 11 is 0. The second-order valence-corrected chi connectivity index (χ2v) is 22.9. The Balaban J connectivity index is 1.72. The molecule has 2 aliphatic rings. The molecule has 1 amide bonds. The van der Waals surface area contributed by atoms with Gasteiger partial charge in [0, 0.05) is 6.42 Å². The van der Waals surface area contributed by atoms with Crippen molar-refractivity contribution < 1.29 is 64.6 Å². The Kier molecular flexibility index (Phi) is 47.7. The quantitative estimate of drug-likeness (QED) is 0.0204. The number of ether oxygens (including phenoxy) is 4. The lowest BCUT2D eigenvalue weighted by molar-refractivity contribution is -0.359. The first-order valence-corrected chi connectivity index (χ1v) is 32.7. The standard InChI is InChI=1S/C67H119NO13/c1-3-5-7-9-11-13-15-17-19-21-23-25-26-27-28-29-30-31-33-35-37-39-41-43-45-47-49-51-59(72)68-55(56(71)50-48-46-44-42-40-38-36-34-32-24-22-20-18-16-14-12-10-8-6-4-2)54-78-66-64(77)62(75)65(58(53-70)80-66)81-67-63(76)61(74)60(73)57(52-69)79-67/h5,7,11,13,17,19,23,25,27-28,48,50,55-58,60-67,69-71,73-77H,3-4,6,8-10,12,14-16,18,20-22,24,26,29-47,49,51-54H2,1-2H3,(H,68,72)/b7-5-,13-11-,19-17-,25-23-,28-27-,50-48+. The van der Waals surface area contributed by atoms with Crippen LogP contribution in [0.25, 0.3) is 0 Å². The van der Waals surface area contributed by atoms with Crippen LogP contribution in [-0.4, -0.2) is 140 Å². The molecule has 14 heteroatoms. The number of allylic oxidation sites excluding steroid dienone is 11. The molecule has 2 heterocycles. The zero-order valence-electron chi connectivity index (χ0n) is 50.8. The highest BCUT2D eigenvalue weighted by Crippen LogP contribution is 2.30. The van der Waals surface area contributed by atoms with Gasteiger partial charge in [-0.25, -0.2) is 0 Å². The van der Waals surface area contributed by atoms with Crippen LogP contribution in [0.3, 0.4) is 0 Å². The van der Waals surface area contributed by atoms with Crippen molar-refractivity contribution in [2.24, 2.45) is 0 Å². The molecule has 0 aliphatic carbocycles. The minimum Gasteiger partial charge on any atom is -0.394 e. The Bertz CT molecular complexity index is 1630. The van der Waals surface area contributed by atoms with E-state index in [9.17, 15) is 45.6 Å². The van der Waals surface area contributed by atoms with Crippen molar-refractivity contribution in [1.82, 2.24) is 5.32 Å². The van der Waals surface area contributed by atoms with Gasteiger partial charge in [-0.1, -0.05) is 254 Å². The van der Waals surface area contributed by atoms with E-state index in [2.05, 4.69) is 79.9 Å². The van der Waals surface area contributed by atoms with Crippen LogP contribution in [0, 0.1) is 0 Å². The number of amides is 1. The Morgan fingerprint density at radius 3 is 1.31 bits per heavy atom. The van der Waals surface area contributed by atoms with Gasteiger partial charge < -0.3 is 65.1 Å². The maximum Gasteiger partial charge on any atom is 0.220 e. The van der Waals surface area contributed by atoms with Crippen LogP contribution in [0.15, 0.2) is 72.9 Å². The van der Waals surface area contributed by atoms with Crippen LogP contribution < -0.4 is 5.32 Å². The number of unbranched alkanes of at least 4 members (excludes halogenated alkanes) is 29. The van der Waals surface area contributed by atoms with Gasteiger partial charge in [0.05, 0.1) is 32.0 Å². The predicted molar refractivity (Wildman–Crippen MR) is 327 cm³/mol. The Morgan fingerprint density at radius 2 is 0.852 bits per heavy atom. The summed E-state index contributed by atoms with van der Waals surface area (Å²) in [4.78, 5) is 13.3. The number of rotatable bonds is 52. The summed E-state index contributed by atoms with van der Waals surface area (Å²) in [6.07, 6.45) is 52.2. The van der Waals surface area contributed by atoms with Crippen molar-refractivity contribution in [3.05, 3.63) is 72.9 Å². The summed E-state index contributed by atoms with van der Waals surface area (Å²) in [5, 5.41) is 87.3. The van der Waals surface area contributed by atoms with Crippen molar-refractivity contribution in [3.63, 3.8) is 0 Å². The highest BCUT2D eigenvalue weighted by Gasteiger charge is 2.51. The third-order valence-corrected chi connectivity index (χ3v) is 15.6. The first-order chi connectivity index (χ1) is 39.6. The second kappa shape index (κ2) is 51.8. The molecule has 81 heavy (non-hydrogen) atoms. The SMILES string of the molecule is CC/C=C\C/C=C\C/C=C\C/C=C\C/C=C\CCCCCCCCCCCCCC(=O)NC(COC1OC(CO)C(OC2OC(CO)C(O)C(O)C2O)C(O)C1O)C(O)/C=C/CCCCCCCCCCCCCCCCCCCC. The molecule has 470 valence electrons. The Labute approximate surface area is 491 Å². The van der Waals surface area contributed by atoms with Crippen molar-refractivity contribution in [2.75, 3.05) is 19.8 Å². The molecular formula is C67H119NO13. The highest BCUT2D eigenvalue weighted by atomic mass is 16.7. The van der Waals surface area contributed by atoms with E-state index in [1.54, 1.807) is 6.08 Å². The molecule has 0 saturated carbocycles. The fraction of sp³-hybridized carbons (Fsp3) is 0.806. The summed E-state index contributed by atoms with van der Waals surface area (Å²) in [6.45, 7) is 2.70. The van der Waals surface area contributed by atoms with Crippen LogP contribution in [0.4, 0.5) is 0 Å². The van der Waals surface area contributed by atoms with Gasteiger partial charge in [0.25, 0.3) is 0 Å². The van der Waals surface area contributed by atoms with Crippen LogP contribution in [0.1, 0.15) is 251 Å². The average Bonchev–Trinajstić information content (AvgIpc) is 3.62. The molecule has 2 saturated heterocycles. The van der Waals surface area contributed by atoms with Crippen molar-refractivity contribution in [3.8, 4) is 0 Å². The van der Waals surface area contributed by atoms with E-state index in [1.807, 2.05) is 6.08 Å². The highest BCUT2D eigenvalue weighted by molar-refractivity contribution is 5.76. The predicted octanol–water partition coefficient (Wildman–Crippen LogP) is 12.3. The summed E-state index contributed by atoms with van der Waals surface area (Å²) in [5.74, 6) is -0.243. The molecule has 0 aromatic carbocycles. The van der Waals surface area contributed by atoms with E-state index in [1.165, 1.54) is 148 Å². The van der Waals surface area contributed by atoms with E-state index in [0.29, 0.717) is 6.42 Å². The zero-order chi connectivity index (χ0) is 58.8. The monoisotopic (exact) mass is 1150 g/mol. The molecule has 2 aliphatic heterocycles. The molecule has 12 atom stereocenters. The van der Waals surface area contributed by atoms with E-state index in [-0.39, 0.29) is 18.9 Å². The molecule has 14 nitrogen and oxygen atoms in total. The number of hydrogen-bond acceptors (Lipinski definition) is 13. The number of nitrogens with one attached hydrogen (secondary N) is 1. The lowest BCUT2D eigenvalue weighted by atomic mass is 9.97. The topological polar surface area (TPSA) is 228 Å². The molecule has 0 radical (unpaired) electrons. The molecule has 0 aromatic heterocycles. The van der Waals surface area contributed by atoms with Gasteiger partial charge in [0.1, 0.15) is 48.8 Å². The lowest BCUT2D eigenvalue weighted by Gasteiger charge is -2.46. The maximum atomic E-state index is 13.3. The molecule has 9 N–H and O–H groups in total. The molecule has 12 unspecified atom stereocenters. The molecular weight excluding hydrogens is 1030 g/mol. The number of hydrogen-bond donors (Lipinski definition) is 9. The largest absolute Gasteiger partial charge is 0.394 e. The van der Waals surface area contributed by atoms with Gasteiger partial charge in [-0.2, -0.15) is 0 Å². The average molecular weight is 1150 g/mol. The first-order valence-electron chi connectivity index (χ1n) is 32.7. The van der Waals surface area contributed by atoms with E-state index >= 15 is 0 Å². The summed E-state index contributed by atoms with van der Waals surface area (Å²) in [5.41, 5.74) is 0. The Hall–Kier alpha value is -2.57. The van der Waals surface area contributed by atoms with Crippen molar-refractivity contribution in [2.45, 2.75) is 325 Å². The van der Waals surface area contributed by atoms with E-state index in [0.717, 1.165) is 77.0 Å². The first kappa shape index (κ1) is 74.5. The van der Waals surface area contributed by atoms with Gasteiger partial charge >= 0.3 is 0 Å². The zero-order valence-corrected chi connectivity index (χ0v) is 50.8. The lowest BCUT2D eigenvalue weighted by Crippen LogP contribution is -2.65.